The van der Waals surface area contributed by atoms with Gasteiger partial charge in [-0.1, -0.05) is 24.3 Å². The SMILES string of the molecule is Cc1cccc(-c2nccc(Nc3ccnc(Cc4ccc5c(c4)CN(C(C)C)CC5)n3)n2)n1. The predicted molar refractivity (Wildman–Crippen MR) is 134 cm³/mol. The molecule has 1 aliphatic rings. The lowest BCUT2D eigenvalue weighted by molar-refractivity contribution is 0.203. The average Bonchev–Trinajstić information content (AvgIpc) is 2.84. The highest BCUT2D eigenvalue weighted by atomic mass is 15.1. The van der Waals surface area contributed by atoms with Gasteiger partial charge in [0.25, 0.3) is 0 Å². The van der Waals surface area contributed by atoms with Crippen LogP contribution >= 0.6 is 0 Å². The van der Waals surface area contributed by atoms with E-state index in [0.29, 0.717) is 29.9 Å². The summed E-state index contributed by atoms with van der Waals surface area (Å²) in [4.78, 5) is 25.2. The highest BCUT2D eigenvalue weighted by molar-refractivity contribution is 5.56. The fraction of sp³-hybridized carbons (Fsp3) is 0.296. The second kappa shape index (κ2) is 9.65. The Morgan fingerprint density at radius 2 is 1.74 bits per heavy atom. The number of fused-ring (bicyclic) bond motifs is 1. The Morgan fingerprint density at radius 3 is 2.56 bits per heavy atom. The Morgan fingerprint density at radius 1 is 0.912 bits per heavy atom. The highest BCUT2D eigenvalue weighted by Gasteiger charge is 2.18. The van der Waals surface area contributed by atoms with Gasteiger partial charge in [0.05, 0.1) is 0 Å². The Balaban J connectivity index is 1.31. The maximum Gasteiger partial charge on any atom is 0.180 e. The molecular formula is C27H29N7. The van der Waals surface area contributed by atoms with Crippen LogP contribution in [-0.2, 0) is 19.4 Å². The van der Waals surface area contributed by atoms with Crippen molar-refractivity contribution in [1.82, 2.24) is 29.8 Å². The first-order valence-electron chi connectivity index (χ1n) is 11.7. The number of hydrogen-bond donors (Lipinski definition) is 1. The quantitative estimate of drug-likeness (QED) is 0.454. The van der Waals surface area contributed by atoms with Gasteiger partial charge < -0.3 is 5.32 Å². The zero-order valence-corrected chi connectivity index (χ0v) is 19.9. The Bertz CT molecular complexity index is 1300. The summed E-state index contributed by atoms with van der Waals surface area (Å²) in [7, 11) is 0. The van der Waals surface area contributed by atoms with E-state index in [0.717, 1.165) is 36.7 Å². The van der Waals surface area contributed by atoms with Gasteiger partial charge in [0.2, 0.25) is 0 Å². The van der Waals surface area contributed by atoms with Crippen molar-refractivity contribution in [1.29, 1.82) is 0 Å². The minimum absolute atomic E-state index is 0.562. The van der Waals surface area contributed by atoms with Crippen LogP contribution in [0.3, 0.4) is 0 Å². The van der Waals surface area contributed by atoms with Crippen LogP contribution in [0.1, 0.15) is 42.1 Å². The zero-order valence-electron chi connectivity index (χ0n) is 19.9. The van der Waals surface area contributed by atoms with Crippen LogP contribution in [0.5, 0.6) is 0 Å². The van der Waals surface area contributed by atoms with E-state index in [1.807, 2.05) is 37.3 Å². The van der Waals surface area contributed by atoms with Gasteiger partial charge in [-0.05, 0) is 68.1 Å². The lowest BCUT2D eigenvalue weighted by atomic mass is 9.95. The molecule has 7 nitrogen and oxygen atoms in total. The first kappa shape index (κ1) is 22.1. The second-order valence-corrected chi connectivity index (χ2v) is 9.01. The fourth-order valence-corrected chi connectivity index (χ4v) is 4.27. The summed E-state index contributed by atoms with van der Waals surface area (Å²) < 4.78 is 0. The van der Waals surface area contributed by atoms with E-state index in [9.17, 15) is 0 Å². The molecule has 0 fully saturated rings. The number of rotatable bonds is 6. The molecule has 0 radical (unpaired) electrons. The summed E-state index contributed by atoms with van der Waals surface area (Å²) in [5.74, 6) is 2.72. The summed E-state index contributed by atoms with van der Waals surface area (Å²) in [6.45, 7) is 8.62. The van der Waals surface area contributed by atoms with E-state index >= 15 is 0 Å². The normalized spacial score (nSPS) is 13.6. The van der Waals surface area contributed by atoms with Gasteiger partial charge >= 0.3 is 0 Å². The molecule has 172 valence electrons. The Kier molecular flexibility index (Phi) is 6.27. The monoisotopic (exact) mass is 451 g/mol. The molecule has 1 N–H and O–H groups in total. The van der Waals surface area contributed by atoms with Gasteiger partial charge in [-0.25, -0.2) is 24.9 Å². The van der Waals surface area contributed by atoms with Crippen molar-refractivity contribution in [2.75, 3.05) is 11.9 Å². The molecule has 0 amide bonds. The van der Waals surface area contributed by atoms with Gasteiger partial charge in [-0.3, -0.25) is 4.90 Å². The van der Waals surface area contributed by atoms with Crippen LogP contribution in [0.25, 0.3) is 11.5 Å². The highest BCUT2D eigenvalue weighted by Crippen LogP contribution is 2.23. The van der Waals surface area contributed by atoms with Crippen molar-refractivity contribution in [2.24, 2.45) is 0 Å². The van der Waals surface area contributed by atoms with Crippen molar-refractivity contribution in [3.63, 3.8) is 0 Å². The fourth-order valence-electron chi connectivity index (χ4n) is 4.27. The van der Waals surface area contributed by atoms with E-state index in [1.54, 1.807) is 12.4 Å². The maximum atomic E-state index is 4.73. The average molecular weight is 452 g/mol. The number of aromatic nitrogens is 5. The van der Waals surface area contributed by atoms with Crippen molar-refractivity contribution >= 4 is 11.6 Å². The molecule has 1 aromatic carbocycles. The van der Waals surface area contributed by atoms with Crippen LogP contribution in [0.15, 0.2) is 60.9 Å². The van der Waals surface area contributed by atoms with Gasteiger partial charge in [0.1, 0.15) is 23.2 Å². The largest absolute Gasteiger partial charge is 0.325 e. The molecule has 34 heavy (non-hydrogen) atoms. The molecule has 1 aliphatic heterocycles. The molecule has 3 aromatic heterocycles. The smallest absolute Gasteiger partial charge is 0.180 e. The standard InChI is InChI=1S/C27H29N7/c1-18(2)34-14-11-21-8-7-20(15-22(21)17-34)16-26-28-12-9-24(32-26)31-25-10-13-29-27(33-25)23-6-4-5-19(3)30-23/h4-10,12-13,15,18H,11,14,16-17H2,1-3H3,(H,28,29,31,32,33). The predicted octanol–water partition coefficient (Wildman–Crippen LogP) is 4.74. The van der Waals surface area contributed by atoms with E-state index in [1.165, 1.54) is 16.7 Å². The van der Waals surface area contributed by atoms with Crippen LogP contribution in [-0.4, -0.2) is 42.4 Å². The molecule has 0 saturated heterocycles. The maximum absolute atomic E-state index is 4.73. The molecule has 0 spiro atoms. The first-order valence-corrected chi connectivity index (χ1v) is 11.7. The van der Waals surface area contributed by atoms with Crippen molar-refractivity contribution in [3.05, 3.63) is 89.1 Å². The summed E-state index contributed by atoms with van der Waals surface area (Å²) in [6.07, 6.45) is 5.31. The zero-order chi connectivity index (χ0) is 23.5. The van der Waals surface area contributed by atoms with E-state index < -0.39 is 0 Å². The molecule has 5 rings (SSSR count). The Hall–Kier alpha value is -3.71. The van der Waals surface area contributed by atoms with Gasteiger partial charge in [0.15, 0.2) is 5.82 Å². The number of aryl methyl sites for hydroxylation is 1. The van der Waals surface area contributed by atoms with Crippen LogP contribution in [0.2, 0.25) is 0 Å². The van der Waals surface area contributed by atoms with Gasteiger partial charge in [0, 0.05) is 43.6 Å². The molecule has 0 aliphatic carbocycles. The summed E-state index contributed by atoms with van der Waals surface area (Å²) >= 11 is 0. The van der Waals surface area contributed by atoms with Crippen LogP contribution in [0, 0.1) is 6.92 Å². The van der Waals surface area contributed by atoms with E-state index in [-0.39, 0.29) is 0 Å². The lowest BCUT2D eigenvalue weighted by Crippen LogP contribution is -2.35. The molecule has 0 atom stereocenters. The summed E-state index contributed by atoms with van der Waals surface area (Å²) in [6, 6.07) is 16.9. The Labute approximate surface area is 200 Å². The third-order valence-electron chi connectivity index (χ3n) is 6.14. The number of anilines is 2. The molecule has 4 aromatic rings. The molecule has 0 bridgehead atoms. The van der Waals surface area contributed by atoms with Crippen LogP contribution in [0.4, 0.5) is 11.6 Å². The molecule has 0 saturated carbocycles. The minimum Gasteiger partial charge on any atom is -0.325 e. The number of pyridine rings is 1. The van der Waals surface area contributed by atoms with Crippen molar-refractivity contribution < 1.29 is 0 Å². The number of benzene rings is 1. The van der Waals surface area contributed by atoms with Crippen molar-refractivity contribution in [3.8, 4) is 11.5 Å². The number of hydrogen-bond acceptors (Lipinski definition) is 7. The third-order valence-corrected chi connectivity index (χ3v) is 6.14. The van der Waals surface area contributed by atoms with Crippen molar-refractivity contribution in [2.45, 2.75) is 46.2 Å². The molecular weight excluding hydrogens is 422 g/mol. The van der Waals surface area contributed by atoms with E-state index in [4.69, 9.17) is 4.98 Å². The summed E-state index contributed by atoms with van der Waals surface area (Å²) in [5.41, 5.74) is 5.79. The third kappa shape index (κ3) is 5.10. The first-order chi connectivity index (χ1) is 16.5. The van der Waals surface area contributed by atoms with Crippen LogP contribution < -0.4 is 5.32 Å². The molecule has 7 heteroatoms. The van der Waals surface area contributed by atoms with E-state index in [2.05, 4.69) is 62.2 Å². The lowest BCUT2D eigenvalue weighted by Gasteiger charge is -2.32. The minimum atomic E-state index is 0.562. The molecule has 0 unspecified atom stereocenters. The molecule has 4 heterocycles. The van der Waals surface area contributed by atoms with Gasteiger partial charge in [-0.15, -0.1) is 0 Å². The second-order valence-electron chi connectivity index (χ2n) is 9.01. The number of nitrogens with one attached hydrogen (secondary N) is 1. The summed E-state index contributed by atoms with van der Waals surface area (Å²) in [5, 5.41) is 3.29. The topological polar surface area (TPSA) is 79.7 Å². The van der Waals surface area contributed by atoms with Gasteiger partial charge in [-0.2, -0.15) is 0 Å². The number of nitrogens with zero attached hydrogens (tertiary/aromatic N) is 6.